The fourth-order valence-corrected chi connectivity index (χ4v) is 2.50. The van der Waals surface area contributed by atoms with E-state index in [4.69, 9.17) is 5.73 Å². The summed E-state index contributed by atoms with van der Waals surface area (Å²) in [4.78, 5) is 13.1. The fourth-order valence-electron chi connectivity index (χ4n) is 2.50. The van der Waals surface area contributed by atoms with Crippen molar-refractivity contribution >= 4 is 5.91 Å². The number of nitrogens with zero attached hydrogens (tertiary/aromatic N) is 1. The minimum Gasteiger partial charge on any atom is -0.369 e. The number of hydrogen-bond acceptors (Lipinski definition) is 2. The monoisotopic (exact) mass is 224 g/mol. The highest BCUT2D eigenvalue weighted by Gasteiger charge is 2.24. The van der Waals surface area contributed by atoms with Crippen LogP contribution in [0, 0.1) is 11.8 Å². The molecule has 3 heteroatoms. The van der Waals surface area contributed by atoms with E-state index in [1.807, 2.05) is 0 Å². The lowest BCUT2D eigenvalue weighted by Crippen LogP contribution is -2.39. The van der Waals surface area contributed by atoms with Crippen LogP contribution in [0.3, 0.4) is 0 Å². The quantitative estimate of drug-likeness (QED) is 0.724. The first-order valence-corrected chi connectivity index (χ1v) is 6.21. The van der Waals surface area contributed by atoms with Crippen molar-refractivity contribution in [3.63, 3.8) is 0 Å². The third-order valence-electron chi connectivity index (χ3n) is 3.64. The second-order valence-corrected chi connectivity index (χ2v) is 4.90. The fraction of sp³-hybridized carbons (Fsp3) is 0.769. The standard InChI is InChI=1S/C13H24N2O/c1-4-15(9-13(14)16)8-12-10(2)6-5-7-11(12)3/h6,11-12H,4-5,7-9H2,1-3H3,(H2,14,16)/t11-,12+/m0/s1. The Labute approximate surface area is 98.7 Å². The Kier molecular flexibility index (Phi) is 5.00. The predicted octanol–water partition coefficient (Wildman–Crippen LogP) is 1.79. The number of nitrogens with two attached hydrogens (primary N) is 1. The minimum absolute atomic E-state index is 0.230. The summed E-state index contributed by atoms with van der Waals surface area (Å²) in [6.45, 7) is 8.82. The van der Waals surface area contributed by atoms with Crippen molar-refractivity contribution in [3.8, 4) is 0 Å². The van der Waals surface area contributed by atoms with Crippen molar-refractivity contribution in [3.05, 3.63) is 11.6 Å². The molecule has 0 saturated carbocycles. The molecule has 0 aromatic rings. The zero-order valence-electron chi connectivity index (χ0n) is 10.7. The smallest absolute Gasteiger partial charge is 0.231 e. The van der Waals surface area contributed by atoms with E-state index in [9.17, 15) is 4.79 Å². The average Bonchev–Trinajstić information content (AvgIpc) is 2.21. The van der Waals surface area contributed by atoms with Gasteiger partial charge < -0.3 is 5.73 Å². The number of primary amides is 1. The molecule has 0 bridgehead atoms. The van der Waals surface area contributed by atoms with Crippen LogP contribution in [0.5, 0.6) is 0 Å². The van der Waals surface area contributed by atoms with E-state index in [-0.39, 0.29) is 5.91 Å². The number of carbonyl (C=O) groups is 1. The molecule has 0 unspecified atom stereocenters. The molecule has 1 rings (SSSR count). The molecule has 1 aliphatic rings. The first kappa shape index (κ1) is 13.2. The van der Waals surface area contributed by atoms with Gasteiger partial charge in [-0.25, -0.2) is 0 Å². The van der Waals surface area contributed by atoms with Crippen LogP contribution in [-0.2, 0) is 4.79 Å². The Hall–Kier alpha value is -0.830. The van der Waals surface area contributed by atoms with E-state index in [0.29, 0.717) is 18.4 Å². The predicted molar refractivity (Wildman–Crippen MR) is 67.0 cm³/mol. The molecule has 0 fully saturated rings. The van der Waals surface area contributed by atoms with Gasteiger partial charge in [0.05, 0.1) is 6.54 Å². The first-order valence-electron chi connectivity index (χ1n) is 6.21. The summed E-state index contributed by atoms with van der Waals surface area (Å²) in [5.74, 6) is 1.08. The molecule has 2 N–H and O–H groups in total. The Morgan fingerprint density at radius 2 is 2.31 bits per heavy atom. The van der Waals surface area contributed by atoms with Crippen LogP contribution < -0.4 is 5.73 Å². The zero-order chi connectivity index (χ0) is 12.1. The van der Waals surface area contributed by atoms with Crippen LogP contribution in [0.1, 0.15) is 33.6 Å². The molecule has 0 spiro atoms. The number of allylic oxidation sites excluding steroid dienone is 1. The van der Waals surface area contributed by atoms with E-state index in [2.05, 4.69) is 31.7 Å². The second kappa shape index (κ2) is 6.04. The molecule has 0 aromatic carbocycles. The van der Waals surface area contributed by atoms with Gasteiger partial charge in [-0.1, -0.05) is 25.5 Å². The van der Waals surface area contributed by atoms with Crippen LogP contribution in [-0.4, -0.2) is 30.4 Å². The molecule has 1 amide bonds. The first-order chi connectivity index (χ1) is 7.54. The Morgan fingerprint density at radius 1 is 1.62 bits per heavy atom. The Balaban J connectivity index is 2.58. The molecule has 0 heterocycles. The van der Waals surface area contributed by atoms with Crippen LogP contribution in [0.25, 0.3) is 0 Å². The van der Waals surface area contributed by atoms with Crippen molar-refractivity contribution in [1.29, 1.82) is 0 Å². The number of rotatable bonds is 5. The van der Waals surface area contributed by atoms with E-state index in [0.717, 1.165) is 13.1 Å². The van der Waals surface area contributed by atoms with Gasteiger partial charge >= 0.3 is 0 Å². The van der Waals surface area contributed by atoms with Crippen molar-refractivity contribution in [1.82, 2.24) is 4.90 Å². The number of carbonyl (C=O) groups excluding carboxylic acids is 1. The van der Waals surface area contributed by atoms with Gasteiger partial charge in [-0.05, 0) is 38.1 Å². The van der Waals surface area contributed by atoms with Crippen molar-refractivity contribution in [2.45, 2.75) is 33.6 Å². The molecule has 16 heavy (non-hydrogen) atoms. The summed E-state index contributed by atoms with van der Waals surface area (Å²) in [7, 11) is 0. The van der Waals surface area contributed by atoms with Crippen molar-refractivity contribution in [2.75, 3.05) is 19.6 Å². The highest BCUT2D eigenvalue weighted by Crippen LogP contribution is 2.30. The van der Waals surface area contributed by atoms with Gasteiger partial charge in [0.15, 0.2) is 0 Å². The normalized spacial score (nSPS) is 25.6. The molecule has 92 valence electrons. The Morgan fingerprint density at radius 3 is 2.81 bits per heavy atom. The molecular weight excluding hydrogens is 200 g/mol. The molecule has 0 saturated heterocycles. The highest BCUT2D eigenvalue weighted by molar-refractivity contribution is 5.75. The topological polar surface area (TPSA) is 46.3 Å². The summed E-state index contributed by atoms with van der Waals surface area (Å²) in [6.07, 6.45) is 4.80. The zero-order valence-corrected chi connectivity index (χ0v) is 10.7. The van der Waals surface area contributed by atoms with Gasteiger partial charge in [-0.2, -0.15) is 0 Å². The second-order valence-electron chi connectivity index (χ2n) is 4.90. The number of likely N-dealkylation sites (N-methyl/N-ethyl adjacent to an activating group) is 1. The summed E-state index contributed by atoms with van der Waals surface area (Å²) in [6, 6.07) is 0. The molecule has 2 atom stereocenters. The molecular formula is C13H24N2O. The summed E-state index contributed by atoms with van der Waals surface area (Å²) < 4.78 is 0. The third-order valence-corrected chi connectivity index (χ3v) is 3.64. The van der Waals surface area contributed by atoms with Crippen LogP contribution in [0.2, 0.25) is 0 Å². The van der Waals surface area contributed by atoms with Crippen LogP contribution >= 0.6 is 0 Å². The summed E-state index contributed by atoms with van der Waals surface area (Å²) in [5, 5.41) is 0. The molecule has 0 aromatic heterocycles. The summed E-state index contributed by atoms with van der Waals surface area (Å²) in [5.41, 5.74) is 6.72. The van der Waals surface area contributed by atoms with Gasteiger partial charge in [0.2, 0.25) is 5.91 Å². The minimum atomic E-state index is -0.230. The number of amides is 1. The number of hydrogen-bond donors (Lipinski definition) is 1. The lowest BCUT2D eigenvalue weighted by Gasteiger charge is -2.33. The third kappa shape index (κ3) is 3.63. The van der Waals surface area contributed by atoms with Gasteiger partial charge in [0.1, 0.15) is 0 Å². The maximum Gasteiger partial charge on any atom is 0.231 e. The largest absolute Gasteiger partial charge is 0.369 e. The van der Waals surface area contributed by atoms with Gasteiger partial charge in [-0.3, -0.25) is 9.69 Å². The van der Waals surface area contributed by atoms with Crippen LogP contribution in [0.15, 0.2) is 11.6 Å². The lowest BCUT2D eigenvalue weighted by atomic mass is 9.80. The van der Waals surface area contributed by atoms with Gasteiger partial charge in [-0.15, -0.1) is 0 Å². The maximum atomic E-state index is 10.9. The summed E-state index contributed by atoms with van der Waals surface area (Å²) >= 11 is 0. The molecule has 0 aliphatic heterocycles. The van der Waals surface area contributed by atoms with Gasteiger partial charge in [0.25, 0.3) is 0 Å². The SMILES string of the molecule is CCN(CC(N)=O)C[C@@H]1C(C)=CCC[C@@H]1C. The van der Waals surface area contributed by atoms with E-state index in [1.54, 1.807) is 0 Å². The molecule has 3 nitrogen and oxygen atoms in total. The molecule has 0 radical (unpaired) electrons. The highest BCUT2D eigenvalue weighted by atomic mass is 16.1. The lowest BCUT2D eigenvalue weighted by molar-refractivity contribution is -0.119. The van der Waals surface area contributed by atoms with Gasteiger partial charge in [0, 0.05) is 6.54 Å². The molecule has 1 aliphatic carbocycles. The van der Waals surface area contributed by atoms with Crippen molar-refractivity contribution < 1.29 is 4.79 Å². The van der Waals surface area contributed by atoms with Crippen LogP contribution in [0.4, 0.5) is 0 Å². The average molecular weight is 224 g/mol. The van der Waals surface area contributed by atoms with E-state index < -0.39 is 0 Å². The van der Waals surface area contributed by atoms with E-state index in [1.165, 1.54) is 18.4 Å². The maximum absolute atomic E-state index is 10.9. The van der Waals surface area contributed by atoms with E-state index >= 15 is 0 Å². The van der Waals surface area contributed by atoms with Crippen molar-refractivity contribution in [2.24, 2.45) is 17.6 Å². The Bertz CT molecular complexity index is 273.